The Morgan fingerprint density at radius 3 is 2.52 bits per heavy atom. The van der Waals surface area contributed by atoms with Crippen LogP contribution in [0.4, 0.5) is 10.1 Å². The Labute approximate surface area is 126 Å². The molecule has 0 bridgehead atoms. The smallest absolute Gasteiger partial charge is 0.255 e. The van der Waals surface area contributed by atoms with Crippen molar-refractivity contribution in [1.82, 2.24) is 0 Å². The third kappa shape index (κ3) is 3.08. The van der Waals surface area contributed by atoms with Crippen molar-refractivity contribution in [3.05, 3.63) is 52.3 Å². The molecule has 1 amide bonds. The standard InChI is InChI=1S/C15H13ClFNO3/c1-8-3-5-9(6-4-8)15(20)18-11-7-10(17)14(21-2)12(16)13(11)19/h3-7,19H,1-2H3,(H,18,20). The number of aromatic hydroxyl groups is 1. The SMILES string of the molecule is COc1c(F)cc(NC(=O)c2ccc(C)cc2)c(O)c1Cl. The minimum Gasteiger partial charge on any atom is -0.504 e. The van der Waals surface area contributed by atoms with Crippen LogP contribution in [-0.4, -0.2) is 18.1 Å². The second-order valence-electron chi connectivity index (χ2n) is 4.42. The molecule has 21 heavy (non-hydrogen) atoms. The molecule has 0 aromatic heterocycles. The van der Waals surface area contributed by atoms with Crippen molar-refractivity contribution in [3.63, 3.8) is 0 Å². The third-order valence-electron chi connectivity index (χ3n) is 2.92. The van der Waals surface area contributed by atoms with Gasteiger partial charge < -0.3 is 15.2 Å². The zero-order chi connectivity index (χ0) is 15.6. The molecule has 0 heterocycles. The van der Waals surface area contributed by atoms with Crippen LogP contribution in [0.2, 0.25) is 5.02 Å². The number of ether oxygens (including phenoxy) is 1. The summed E-state index contributed by atoms with van der Waals surface area (Å²) in [4.78, 5) is 12.0. The number of hydrogen-bond donors (Lipinski definition) is 2. The van der Waals surface area contributed by atoms with E-state index in [1.54, 1.807) is 24.3 Å². The van der Waals surface area contributed by atoms with Crippen molar-refractivity contribution in [3.8, 4) is 11.5 Å². The van der Waals surface area contributed by atoms with Crippen molar-refractivity contribution >= 4 is 23.2 Å². The monoisotopic (exact) mass is 309 g/mol. The lowest BCUT2D eigenvalue weighted by Gasteiger charge is -2.12. The van der Waals surface area contributed by atoms with E-state index in [1.165, 1.54) is 7.11 Å². The fraction of sp³-hybridized carbons (Fsp3) is 0.133. The van der Waals surface area contributed by atoms with Gasteiger partial charge >= 0.3 is 0 Å². The van der Waals surface area contributed by atoms with Gasteiger partial charge in [0.05, 0.1) is 12.8 Å². The van der Waals surface area contributed by atoms with E-state index in [2.05, 4.69) is 5.32 Å². The van der Waals surface area contributed by atoms with Crippen LogP contribution in [0.15, 0.2) is 30.3 Å². The van der Waals surface area contributed by atoms with Gasteiger partial charge in [-0.3, -0.25) is 4.79 Å². The summed E-state index contributed by atoms with van der Waals surface area (Å²) in [5.74, 6) is -1.98. The topological polar surface area (TPSA) is 58.6 Å². The molecule has 0 saturated carbocycles. The summed E-state index contributed by atoms with van der Waals surface area (Å²) in [5, 5.41) is 12.0. The molecule has 110 valence electrons. The Balaban J connectivity index is 2.31. The number of nitrogens with one attached hydrogen (secondary N) is 1. The first-order valence-corrected chi connectivity index (χ1v) is 6.44. The molecular weight excluding hydrogens is 297 g/mol. The Bertz CT molecular complexity index is 686. The second kappa shape index (κ2) is 6.01. The lowest BCUT2D eigenvalue weighted by molar-refractivity contribution is 0.102. The quantitative estimate of drug-likeness (QED) is 0.849. The zero-order valence-corrected chi connectivity index (χ0v) is 12.2. The molecule has 0 radical (unpaired) electrons. The third-order valence-corrected chi connectivity index (χ3v) is 3.27. The number of halogens is 2. The molecule has 0 saturated heterocycles. The van der Waals surface area contributed by atoms with Crippen LogP contribution in [0.5, 0.6) is 11.5 Å². The summed E-state index contributed by atoms with van der Waals surface area (Å²) in [6.45, 7) is 1.89. The van der Waals surface area contributed by atoms with Gasteiger partial charge in [-0.2, -0.15) is 0 Å². The van der Waals surface area contributed by atoms with Gasteiger partial charge in [-0.1, -0.05) is 29.3 Å². The van der Waals surface area contributed by atoms with Gasteiger partial charge in [-0.15, -0.1) is 0 Å². The molecule has 0 spiro atoms. The first-order chi connectivity index (χ1) is 9.93. The van der Waals surface area contributed by atoms with Crippen LogP contribution >= 0.6 is 11.6 Å². The lowest BCUT2D eigenvalue weighted by atomic mass is 10.1. The van der Waals surface area contributed by atoms with Crippen molar-refractivity contribution in [2.75, 3.05) is 12.4 Å². The molecule has 2 N–H and O–H groups in total. The molecule has 0 aliphatic carbocycles. The second-order valence-corrected chi connectivity index (χ2v) is 4.80. The molecule has 2 aromatic rings. The fourth-order valence-corrected chi connectivity index (χ4v) is 2.04. The molecule has 0 fully saturated rings. The van der Waals surface area contributed by atoms with Crippen LogP contribution in [0.1, 0.15) is 15.9 Å². The van der Waals surface area contributed by atoms with Crippen LogP contribution in [-0.2, 0) is 0 Å². The van der Waals surface area contributed by atoms with E-state index < -0.39 is 17.5 Å². The van der Waals surface area contributed by atoms with E-state index >= 15 is 0 Å². The Kier molecular flexibility index (Phi) is 4.33. The van der Waals surface area contributed by atoms with Crippen LogP contribution in [0, 0.1) is 12.7 Å². The first-order valence-electron chi connectivity index (χ1n) is 6.07. The highest BCUT2D eigenvalue weighted by Gasteiger charge is 2.19. The van der Waals surface area contributed by atoms with Gasteiger partial charge in [0.15, 0.2) is 17.3 Å². The van der Waals surface area contributed by atoms with Gasteiger partial charge in [0, 0.05) is 11.6 Å². The van der Waals surface area contributed by atoms with E-state index in [1.807, 2.05) is 6.92 Å². The largest absolute Gasteiger partial charge is 0.504 e. The number of aryl methyl sites for hydroxylation is 1. The highest BCUT2D eigenvalue weighted by molar-refractivity contribution is 6.34. The van der Waals surface area contributed by atoms with E-state index in [0.717, 1.165) is 11.6 Å². The average Bonchev–Trinajstić information content (AvgIpc) is 2.45. The summed E-state index contributed by atoms with van der Waals surface area (Å²) >= 11 is 5.79. The molecular formula is C15H13ClFNO3. The molecule has 6 heteroatoms. The number of phenols is 1. The minimum atomic E-state index is -0.778. The summed E-state index contributed by atoms with van der Waals surface area (Å²) in [6.07, 6.45) is 0. The van der Waals surface area contributed by atoms with Gasteiger partial charge in [-0.05, 0) is 19.1 Å². The van der Waals surface area contributed by atoms with Crippen LogP contribution in [0.3, 0.4) is 0 Å². The van der Waals surface area contributed by atoms with Gasteiger partial charge in [0.2, 0.25) is 0 Å². The van der Waals surface area contributed by atoms with Crippen molar-refractivity contribution in [1.29, 1.82) is 0 Å². The minimum absolute atomic E-state index is 0.121. The number of rotatable bonds is 3. The molecule has 2 rings (SSSR count). The number of anilines is 1. The molecule has 2 aromatic carbocycles. The zero-order valence-electron chi connectivity index (χ0n) is 11.4. The first kappa shape index (κ1) is 15.1. The maximum Gasteiger partial charge on any atom is 0.255 e. The number of phenolic OH excluding ortho intramolecular Hbond substituents is 1. The molecule has 0 atom stereocenters. The van der Waals surface area contributed by atoms with E-state index in [0.29, 0.717) is 5.56 Å². The van der Waals surface area contributed by atoms with Crippen molar-refractivity contribution in [2.45, 2.75) is 6.92 Å². The van der Waals surface area contributed by atoms with Gasteiger partial charge in [0.1, 0.15) is 5.02 Å². The summed E-state index contributed by atoms with van der Waals surface area (Å²) in [5.41, 5.74) is 1.27. The number of benzene rings is 2. The van der Waals surface area contributed by atoms with Crippen molar-refractivity contribution < 1.29 is 19.0 Å². The number of carbonyl (C=O) groups is 1. The summed E-state index contributed by atoms with van der Waals surface area (Å²) in [6, 6.07) is 7.76. The normalized spacial score (nSPS) is 10.3. The van der Waals surface area contributed by atoms with Gasteiger partial charge in [0.25, 0.3) is 5.91 Å². The predicted octanol–water partition coefficient (Wildman–Crippen LogP) is 3.75. The number of amides is 1. The Morgan fingerprint density at radius 1 is 1.33 bits per heavy atom. The number of hydrogen-bond acceptors (Lipinski definition) is 3. The molecule has 0 aliphatic heterocycles. The van der Waals surface area contributed by atoms with Gasteiger partial charge in [-0.25, -0.2) is 4.39 Å². The summed E-state index contributed by atoms with van der Waals surface area (Å²) in [7, 11) is 1.23. The lowest BCUT2D eigenvalue weighted by Crippen LogP contribution is -2.12. The molecule has 0 unspecified atom stereocenters. The number of methoxy groups -OCH3 is 1. The average molecular weight is 310 g/mol. The van der Waals surface area contributed by atoms with E-state index in [-0.39, 0.29) is 16.5 Å². The maximum atomic E-state index is 13.7. The Morgan fingerprint density at radius 2 is 1.95 bits per heavy atom. The highest BCUT2D eigenvalue weighted by Crippen LogP contribution is 2.41. The van der Waals surface area contributed by atoms with Crippen LogP contribution < -0.4 is 10.1 Å². The van der Waals surface area contributed by atoms with Crippen LogP contribution in [0.25, 0.3) is 0 Å². The summed E-state index contributed by atoms with van der Waals surface area (Å²) < 4.78 is 18.5. The highest BCUT2D eigenvalue weighted by atomic mass is 35.5. The Hall–Kier alpha value is -2.27. The van der Waals surface area contributed by atoms with Crippen molar-refractivity contribution in [2.24, 2.45) is 0 Å². The molecule has 0 aliphatic rings. The number of carbonyl (C=O) groups excluding carboxylic acids is 1. The predicted molar refractivity (Wildman–Crippen MR) is 78.8 cm³/mol. The molecule has 4 nitrogen and oxygen atoms in total. The van der Waals surface area contributed by atoms with E-state index in [4.69, 9.17) is 16.3 Å². The fourth-order valence-electron chi connectivity index (χ4n) is 1.77. The van der Waals surface area contributed by atoms with E-state index in [9.17, 15) is 14.3 Å². The maximum absolute atomic E-state index is 13.7.